The molecule has 1 aliphatic rings. The molecule has 1 fully saturated rings. The van der Waals surface area contributed by atoms with E-state index in [0.717, 1.165) is 37.2 Å². The van der Waals surface area contributed by atoms with E-state index in [1.807, 2.05) is 12.1 Å². The molecule has 0 spiro atoms. The Hall–Kier alpha value is -3.60. The number of hydrogen-bond acceptors (Lipinski definition) is 9. The zero-order valence-electron chi connectivity index (χ0n) is 23.3. The van der Waals surface area contributed by atoms with Crippen LogP contribution in [0, 0.1) is 0 Å². The van der Waals surface area contributed by atoms with Crippen LogP contribution in [-0.4, -0.2) is 48.0 Å². The smallest absolute Gasteiger partial charge is 0.189 e. The van der Waals surface area contributed by atoms with Crippen molar-refractivity contribution in [3.05, 3.63) is 66.3 Å². The minimum Gasteiger partial charge on any atom is -0.382 e. The number of ether oxygens (including phenoxy) is 1. The lowest BCUT2D eigenvalue weighted by Crippen LogP contribution is -2.34. The van der Waals surface area contributed by atoms with Crippen LogP contribution in [0.4, 0.5) is 5.82 Å². The fourth-order valence-corrected chi connectivity index (χ4v) is 5.13. The molecule has 0 bridgehead atoms. The van der Waals surface area contributed by atoms with E-state index in [9.17, 15) is 8.42 Å². The highest BCUT2D eigenvalue weighted by Crippen LogP contribution is 2.30. The molecule has 9 nitrogen and oxygen atoms in total. The summed E-state index contributed by atoms with van der Waals surface area (Å²) in [5, 5.41) is 6.01. The van der Waals surface area contributed by atoms with Crippen molar-refractivity contribution in [3.63, 3.8) is 0 Å². The first-order chi connectivity index (χ1) is 19.0. The lowest BCUT2D eigenvalue weighted by Gasteiger charge is -2.23. The van der Waals surface area contributed by atoms with Crippen molar-refractivity contribution < 1.29 is 20.4 Å². The maximum Gasteiger partial charge on any atom is 0.189 e. The van der Waals surface area contributed by atoms with Crippen molar-refractivity contribution in [1.29, 1.82) is 0 Å². The zero-order valence-corrected chi connectivity index (χ0v) is 22.1. The van der Waals surface area contributed by atoms with Crippen LogP contribution in [0.1, 0.15) is 35.0 Å². The Morgan fingerprint density at radius 3 is 2.53 bits per heavy atom. The highest BCUT2D eigenvalue weighted by atomic mass is 32.2. The van der Waals surface area contributed by atoms with E-state index >= 15 is 0 Å². The number of sulfone groups is 1. The number of nitrogens with two attached hydrogens (primary N) is 1. The third-order valence-corrected chi connectivity index (χ3v) is 8.49. The van der Waals surface area contributed by atoms with Gasteiger partial charge >= 0.3 is 0 Å². The SMILES string of the molecule is [2H]c1cc(-c2cc(-c3nc(-c4ccc(S(=O)(=O)C([2H])(C)C)cc4)cnc3N)on2)ccc1CNC1CCOCC1. The second-order valence-electron chi connectivity index (χ2n) is 9.37. The molecule has 0 aliphatic carbocycles. The van der Waals surface area contributed by atoms with Crippen molar-refractivity contribution in [2.75, 3.05) is 18.9 Å². The molecule has 10 heteroatoms. The number of benzene rings is 2. The van der Waals surface area contributed by atoms with Gasteiger partial charge in [-0.3, -0.25) is 0 Å². The largest absolute Gasteiger partial charge is 0.382 e. The first kappa shape index (κ1) is 23.5. The molecule has 0 saturated carbocycles. The Morgan fingerprint density at radius 2 is 1.82 bits per heavy atom. The molecule has 0 atom stereocenters. The van der Waals surface area contributed by atoms with Gasteiger partial charge < -0.3 is 20.3 Å². The minimum absolute atomic E-state index is 0.0545. The molecule has 0 radical (unpaired) electrons. The summed E-state index contributed by atoms with van der Waals surface area (Å²) < 4.78 is 52.5. The van der Waals surface area contributed by atoms with Crippen molar-refractivity contribution in [1.82, 2.24) is 20.4 Å². The molecule has 4 aromatic rings. The van der Waals surface area contributed by atoms with Gasteiger partial charge in [0.05, 0.1) is 23.4 Å². The van der Waals surface area contributed by atoms with Crippen molar-refractivity contribution >= 4 is 15.7 Å². The standard InChI is InChI=1S/C28H31N5O4S/c1-18(2)38(34,35)23-9-7-21(8-10-23)25-17-31-28(29)27(32-25)26-15-24(33-37-26)20-5-3-19(4-6-20)16-30-22-11-13-36-14-12-22/h3-10,15,17-18,22,30H,11-14,16H2,1-2H3,(H2,29,31)/i3D,18D. The molecule has 1 aliphatic heterocycles. The zero-order chi connectivity index (χ0) is 28.5. The molecule has 0 unspecified atom stereocenters. The van der Waals surface area contributed by atoms with E-state index < -0.39 is 15.1 Å². The lowest BCUT2D eigenvalue weighted by atomic mass is 10.1. The third-order valence-electron chi connectivity index (χ3n) is 6.52. The van der Waals surface area contributed by atoms with Crippen LogP contribution in [0.25, 0.3) is 34.0 Å². The number of nitrogens with zero attached hydrogens (tertiary/aromatic N) is 3. The number of rotatable bonds is 8. The maximum absolute atomic E-state index is 12.6. The lowest BCUT2D eigenvalue weighted by molar-refractivity contribution is 0.0776. The van der Waals surface area contributed by atoms with E-state index in [4.69, 9.17) is 17.7 Å². The first-order valence-electron chi connectivity index (χ1n) is 13.4. The van der Waals surface area contributed by atoms with E-state index in [1.165, 1.54) is 32.2 Å². The molecule has 198 valence electrons. The van der Waals surface area contributed by atoms with Crippen LogP contribution >= 0.6 is 0 Å². The molecule has 0 amide bonds. The molecule has 3 heterocycles. The van der Waals surface area contributed by atoms with Crippen LogP contribution in [0.3, 0.4) is 0 Å². The summed E-state index contributed by atoms with van der Waals surface area (Å²) in [6, 6.07) is 14.2. The maximum atomic E-state index is 12.6. The van der Waals surface area contributed by atoms with Gasteiger partial charge in [-0.25, -0.2) is 18.4 Å². The number of aromatic nitrogens is 3. The number of nitrogen functional groups attached to an aromatic ring is 1. The van der Waals surface area contributed by atoms with Gasteiger partial charge in [0, 0.05) is 44.4 Å². The number of anilines is 1. The molecule has 2 aromatic heterocycles. The van der Waals surface area contributed by atoms with Crippen molar-refractivity contribution in [2.24, 2.45) is 0 Å². The van der Waals surface area contributed by atoms with Gasteiger partial charge in [0.1, 0.15) is 5.69 Å². The van der Waals surface area contributed by atoms with Gasteiger partial charge in [-0.2, -0.15) is 0 Å². The predicted octanol–water partition coefficient (Wildman–Crippen LogP) is 4.50. The fraction of sp³-hybridized carbons (Fsp3) is 0.321. The van der Waals surface area contributed by atoms with Crippen molar-refractivity contribution in [2.45, 2.75) is 49.4 Å². The summed E-state index contributed by atoms with van der Waals surface area (Å²) in [6.45, 7) is 4.81. The van der Waals surface area contributed by atoms with Crippen LogP contribution in [0.5, 0.6) is 0 Å². The first-order valence-corrected chi connectivity index (χ1v) is 13.9. The summed E-state index contributed by atoms with van der Waals surface area (Å²) in [4.78, 5) is 8.90. The van der Waals surface area contributed by atoms with E-state index in [-0.39, 0.29) is 10.7 Å². The van der Waals surface area contributed by atoms with Gasteiger partial charge in [0.15, 0.2) is 27.1 Å². The molecular weight excluding hydrogens is 502 g/mol. The summed E-state index contributed by atoms with van der Waals surface area (Å²) in [5.74, 6) is 0.464. The molecule has 3 N–H and O–H groups in total. The van der Waals surface area contributed by atoms with Gasteiger partial charge in [-0.15, -0.1) is 0 Å². The van der Waals surface area contributed by atoms with Crippen LogP contribution in [-0.2, 0) is 21.1 Å². The topological polar surface area (TPSA) is 133 Å². The Balaban J connectivity index is 1.35. The summed E-state index contributed by atoms with van der Waals surface area (Å²) >= 11 is 0. The molecule has 5 rings (SSSR count). The Bertz CT molecular complexity index is 1610. The number of hydrogen-bond donors (Lipinski definition) is 2. The monoisotopic (exact) mass is 535 g/mol. The second-order valence-corrected chi connectivity index (χ2v) is 11.7. The van der Waals surface area contributed by atoms with Crippen LogP contribution in [0.2, 0.25) is 0 Å². The van der Waals surface area contributed by atoms with Gasteiger partial charge in [-0.1, -0.05) is 41.5 Å². The third kappa shape index (κ3) is 5.62. The summed E-state index contributed by atoms with van der Waals surface area (Å²) in [7, 11) is -3.81. The summed E-state index contributed by atoms with van der Waals surface area (Å²) in [5.41, 5.74) is 9.65. The Labute approximate surface area is 225 Å². The molecular formula is C28H31N5O4S. The van der Waals surface area contributed by atoms with E-state index in [2.05, 4.69) is 20.4 Å². The van der Waals surface area contributed by atoms with Gasteiger partial charge in [-0.05, 0) is 44.4 Å². The van der Waals surface area contributed by atoms with E-state index in [0.29, 0.717) is 47.0 Å². The molecule has 1 saturated heterocycles. The fourth-order valence-electron chi connectivity index (χ4n) is 4.16. The highest BCUT2D eigenvalue weighted by molar-refractivity contribution is 7.92. The van der Waals surface area contributed by atoms with Crippen LogP contribution in [0.15, 0.2) is 70.2 Å². The molecule has 2 aromatic carbocycles. The average molecular weight is 536 g/mol. The number of nitrogens with one attached hydrogen (secondary N) is 1. The van der Waals surface area contributed by atoms with Crippen molar-refractivity contribution in [3.8, 4) is 34.0 Å². The Kier molecular flexibility index (Phi) is 6.82. The minimum atomic E-state index is -3.81. The normalized spacial score (nSPS) is 15.7. The molecule has 38 heavy (non-hydrogen) atoms. The Morgan fingerprint density at radius 1 is 1.11 bits per heavy atom. The van der Waals surface area contributed by atoms with Gasteiger partial charge in [0.2, 0.25) is 0 Å². The predicted molar refractivity (Wildman–Crippen MR) is 146 cm³/mol. The average Bonchev–Trinajstić information content (AvgIpc) is 3.43. The quantitative estimate of drug-likeness (QED) is 0.334. The highest BCUT2D eigenvalue weighted by Gasteiger charge is 2.20. The second kappa shape index (κ2) is 11.0. The van der Waals surface area contributed by atoms with Crippen LogP contribution < -0.4 is 11.1 Å². The van der Waals surface area contributed by atoms with Gasteiger partial charge in [0.25, 0.3) is 0 Å². The van der Waals surface area contributed by atoms with E-state index in [1.54, 1.807) is 24.3 Å². The summed E-state index contributed by atoms with van der Waals surface area (Å²) in [6.07, 6.45) is 3.43.